The third kappa shape index (κ3) is 3.14. The lowest BCUT2D eigenvalue weighted by molar-refractivity contribution is -0.917. The molecule has 6 heteroatoms. The van der Waals surface area contributed by atoms with E-state index in [4.69, 9.17) is 0 Å². The molecule has 0 spiro atoms. The predicted molar refractivity (Wildman–Crippen MR) is 90.1 cm³/mol. The normalized spacial score (nSPS) is 30.7. The molecule has 3 aliphatic rings. The number of halogens is 1. The van der Waals surface area contributed by atoms with E-state index in [-0.39, 0.29) is 23.6 Å². The van der Waals surface area contributed by atoms with E-state index in [0.717, 1.165) is 31.6 Å². The first-order valence-corrected chi connectivity index (χ1v) is 9.29. The number of aliphatic carboxylic acids is 1. The number of amides is 1. The number of allylic oxidation sites excluding steroid dienone is 2. The maximum absolute atomic E-state index is 13.0. The minimum Gasteiger partial charge on any atom is -0.550 e. The van der Waals surface area contributed by atoms with Gasteiger partial charge in [0.2, 0.25) is 5.91 Å². The molecule has 1 aliphatic heterocycles. The standard InChI is InChI=1S/C20H23FN2O3/c21-16-5-1-13(2-6-16)12-22-7-9-23(10-8-22)19(24)17-14-3-4-15(11-14)18(17)20(25)26/h1-6,14-15,17-18H,7-12H2,(H,25,26)/t14-,15+,17-,18+/m1/s1. The van der Waals surface area contributed by atoms with E-state index in [1.54, 1.807) is 12.1 Å². The van der Waals surface area contributed by atoms with Gasteiger partial charge in [0.05, 0.1) is 32.1 Å². The smallest absolute Gasteiger partial charge is 0.227 e. The van der Waals surface area contributed by atoms with Crippen LogP contribution in [-0.2, 0) is 16.1 Å². The fraction of sp³-hybridized carbons (Fsp3) is 0.500. The van der Waals surface area contributed by atoms with Gasteiger partial charge < -0.3 is 19.7 Å². The molecule has 4 atom stereocenters. The zero-order chi connectivity index (χ0) is 18.3. The second kappa shape index (κ2) is 6.83. The molecule has 1 heterocycles. The van der Waals surface area contributed by atoms with E-state index >= 15 is 0 Å². The van der Waals surface area contributed by atoms with Crippen molar-refractivity contribution in [2.45, 2.75) is 13.0 Å². The Morgan fingerprint density at radius 3 is 2.31 bits per heavy atom. The van der Waals surface area contributed by atoms with Gasteiger partial charge >= 0.3 is 0 Å². The molecule has 1 aromatic carbocycles. The molecule has 1 saturated carbocycles. The van der Waals surface area contributed by atoms with Crippen LogP contribution in [0.5, 0.6) is 0 Å². The third-order valence-corrected chi connectivity index (χ3v) is 6.17. The van der Waals surface area contributed by atoms with E-state index in [2.05, 4.69) is 0 Å². The van der Waals surface area contributed by atoms with Crippen molar-refractivity contribution >= 4 is 11.9 Å². The van der Waals surface area contributed by atoms with Crippen LogP contribution >= 0.6 is 0 Å². The lowest BCUT2D eigenvalue weighted by atomic mass is 9.82. The number of piperazine rings is 1. The van der Waals surface area contributed by atoms with Crippen molar-refractivity contribution in [1.82, 2.24) is 4.90 Å². The van der Waals surface area contributed by atoms with Gasteiger partial charge in [0.15, 0.2) is 0 Å². The number of quaternary nitrogens is 1. The average molecular weight is 358 g/mol. The highest BCUT2D eigenvalue weighted by Gasteiger charge is 2.50. The summed E-state index contributed by atoms with van der Waals surface area (Å²) in [5, 5.41) is 11.5. The summed E-state index contributed by atoms with van der Waals surface area (Å²) in [5.41, 5.74) is 1.08. The summed E-state index contributed by atoms with van der Waals surface area (Å²) in [5.74, 6) is -2.51. The van der Waals surface area contributed by atoms with Crippen molar-refractivity contribution < 1.29 is 24.0 Å². The zero-order valence-electron chi connectivity index (χ0n) is 14.6. The number of carbonyl (C=O) groups is 2. The Hall–Kier alpha value is -2.21. The number of hydrogen-bond donors (Lipinski definition) is 1. The molecule has 138 valence electrons. The Kier molecular flexibility index (Phi) is 4.53. The second-order valence-electron chi connectivity index (χ2n) is 7.70. The van der Waals surface area contributed by atoms with Crippen LogP contribution in [0, 0.1) is 29.5 Å². The van der Waals surface area contributed by atoms with Crippen LogP contribution in [0.25, 0.3) is 0 Å². The molecule has 0 unspecified atom stereocenters. The molecule has 1 aromatic rings. The van der Waals surface area contributed by atoms with Crippen molar-refractivity contribution in [2.75, 3.05) is 26.2 Å². The van der Waals surface area contributed by atoms with E-state index in [9.17, 15) is 19.1 Å². The van der Waals surface area contributed by atoms with Gasteiger partial charge in [0.25, 0.3) is 0 Å². The maximum atomic E-state index is 13.0. The Balaban J connectivity index is 1.36. The molecule has 2 aliphatic carbocycles. The third-order valence-electron chi connectivity index (χ3n) is 6.17. The Morgan fingerprint density at radius 2 is 1.69 bits per heavy atom. The first kappa shape index (κ1) is 17.2. The SMILES string of the molecule is O=C([O-])[C@@H]1[C@H](C(=O)N2CC[NH+](Cc3ccc(F)cc3)CC2)[C@@H]2C=C[C@H]1C2. The van der Waals surface area contributed by atoms with Gasteiger partial charge in [-0.05, 0) is 30.4 Å². The first-order chi connectivity index (χ1) is 12.5. The van der Waals surface area contributed by atoms with Crippen molar-refractivity contribution in [3.8, 4) is 0 Å². The Morgan fingerprint density at radius 1 is 1.08 bits per heavy atom. The van der Waals surface area contributed by atoms with Crippen LogP contribution in [0.4, 0.5) is 4.39 Å². The fourth-order valence-electron chi connectivity index (χ4n) is 4.80. The molecule has 1 N–H and O–H groups in total. The minimum atomic E-state index is -1.10. The molecule has 26 heavy (non-hydrogen) atoms. The number of carbonyl (C=O) groups excluding carboxylic acids is 2. The largest absolute Gasteiger partial charge is 0.550 e. The number of carboxylic acid groups (broad SMARTS) is 1. The number of hydrogen-bond acceptors (Lipinski definition) is 3. The van der Waals surface area contributed by atoms with E-state index in [1.807, 2.05) is 17.1 Å². The summed E-state index contributed by atoms with van der Waals surface area (Å²) in [7, 11) is 0. The number of nitrogens with one attached hydrogen (secondary N) is 1. The van der Waals surface area contributed by atoms with Crippen LogP contribution in [0.1, 0.15) is 12.0 Å². The highest BCUT2D eigenvalue weighted by Crippen LogP contribution is 2.48. The fourth-order valence-corrected chi connectivity index (χ4v) is 4.80. The topological polar surface area (TPSA) is 64.9 Å². The van der Waals surface area contributed by atoms with Gasteiger partial charge in [-0.25, -0.2) is 4.39 Å². The van der Waals surface area contributed by atoms with Gasteiger partial charge in [-0.15, -0.1) is 0 Å². The summed E-state index contributed by atoms with van der Waals surface area (Å²) in [6.07, 6.45) is 4.69. The Labute approximate surface area is 152 Å². The van der Waals surface area contributed by atoms with Crippen LogP contribution < -0.4 is 10.0 Å². The monoisotopic (exact) mass is 358 g/mol. The summed E-state index contributed by atoms with van der Waals surface area (Å²) in [4.78, 5) is 27.7. The first-order valence-electron chi connectivity index (χ1n) is 9.29. The maximum Gasteiger partial charge on any atom is 0.227 e. The number of benzene rings is 1. The molecule has 2 fully saturated rings. The molecule has 2 bridgehead atoms. The van der Waals surface area contributed by atoms with Crippen molar-refractivity contribution in [3.05, 3.63) is 47.8 Å². The van der Waals surface area contributed by atoms with Gasteiger partial charge in [0, 0.05) is 17.5 Å². The van der Waals surface area contributed by atoms with Gasteiger partial charge in [-0.1, -0.05) is 24.3 Å². The number of carboxylic acids is 1. The van der Waals surface area contributed by atoms with Crippen LogP contribution in [0.3, 0.4) is 0 Å². The second-order valence-corrected chi connectivity index (χ2v) is 7.70. The van der Waals surface area contributed by atoms with Crippen LogP contribution in [0.15, 0.2) is 36.4 Å². The van der Waals surface area contributed by atoms with E-state index < -0.39 is 17.8 Å². The quantitative estimate of drug-likeness (QED) is 0.720. The van der Waals surface area contributed by atoms with Crippen molar-refractivity contribution in [2.24, 2.45) is 23.7 Å². The van der Waals surface area contributed by atoms with Crippen molar-refractivity contribution in [1.29, 1.82) is 0 Å². The molecule has 1 amide bonds. The average Bonchev–Trinajstić information content (AvgIpc) is 3.25. The summed E-state index contributed by atoms with van der Waals surface area (Å²) in [6.45, 7) is 3.70. The van der Waals surface area contributed by atoms with Crippen LogP contribution in [0.2, 0.25) is 0 Å². The molecule has 5 nitrogen and oxygen atoms in total. The predicted octanol–water partition coefficient (Wildman–Crippen LogP) is -0.759. The Bertz CT molecular complexity index is 725. The highest BCUT2D eigenvalue weighted by atomic mass is 19.1. The number of rotatable bonds is 4. The summed E-state index contributed by atoms with van der Waals surface area (Å²) < 4.78 is 13.0. The van der Waals surface area contributed by atoms with E-state index in [1.165, 1.54) is 17.0 Å². The van der Waals surface area contributed by atoms with Gasteiger partial charge in [-0.3, -0.25) is 4.79 Å². The van der Waals surface area contributed by atoms with Gasteiger partial charge in [-0.2, -0.15) is 0 Å². The lowest BCUT2D eigenvalue weighted by Crippen LogP contribution is -3.13. The van der Waals surface area contributed by atoms with Crippen molar-refractivity contribution in [3.63, 3.8) is 0 Å². The molecule has 0 aromatic heterocycles. The number of nitrogens with zero attached hydrogens (tertiary/aromatic N) is 1. The molecule has 4 rings (SSSR count). The highest BCUT2D eigenvalue weighted by molar-refractivity contribution is 5.86. The number of fused-ring (bicyclic) bond motifs is 2. The summed E-state index contributed by atoms with van der Waals surface area (Å²) >= 11 is 0. The summed E-state index contributed by atoms with van der Waals surface area (Å²) in [6, 6.07) is 6.53. The lowest BCUT2D eigenvalue weighted by Gasteiger charge is -2.37. The van der Waals surface area contributed by atoms with E-state index in [0.29, 0.717) is 13.1 Å². The molecule has 0 radical (unpaired) electrons. The zero-order valence-corrected chi connectivity index (χ0v) is 14.6. The van der Waals surface area contributed by atoms with Gasteiger partial charge in [0.1, 0.15) is 12.4 Å². The molecule has 1 saturated heterocycles. The van der Waals surface area contributed by atoms with Crippen LogP contribution in [-0.4, -0.2) is 43.0 Å². The molecular formula is C20H23FN2O3. The minimum absolute atomic E-state index is 0.0307. The molecular weight excluding hydrogens is 335 g/mol.